The molecule has 0 bridgehead atoms. The highest BCUT2D eigenvalue weighted by molar-refractivity contribution is 8.19. The molecule has 2 fully saturated rings. The second-order valence-electron chi connectivity index (χ2n) is 6.04. The first-order chi connectivity index (χ1) is 10.2. The zero-order valence-corrected chi connectivity index (χ0v) is 14.1. The number of amides is 1. The topological polar surface area (TPSA) is 29.1 Å². The van der Waals surface area contributed by atoms with E-state index < -0.39 is 0 Å². The van der Waals surface area contributed by atoms with Crippen molar-refractivity contribution in [1.82, 2.24) is 5.32 Å². The molecule has 1 aromatic rings. The van der Waals surface area contributed by atoms with E-state index in [0.717, 1.165) is 12.0 Å². The SMILES string of the molecule is C[C@H]1CCCC[C@@H]1NC(=O)c1ccc(C2SCCS2)cc1. The summed E-state index contributed by atoms with van der Waals surface area (Å²) in [5, 5.41) is 3.22. The van der Waals surface area contributed by atoms with Crippen LogP contribution in [0.5, 0.6) is 0 Å². The van der Waals surface area contributed by atoms with Gasteiger partial charge in [0.15, 0.2) is 0 Å². The predicted molar refractivity (Wildman–Crippen MR) is 93.0 cm³/mol. The summed E-state index contributed by atoms with van der Waals surface area (Å²) in [5.41, 5.74) is 2.13. The Balaban J connectivity index is 1.61. The number of benzene rings is 1. The first-order valence-electron chi connectivity index (χ1n) is 7.88. The fraction of sp³-hybridized carbons (Fsp3) is 0.588. The van der Waals surface area contributed by atoms with Gasteiger partial charge >= 0.3 is 0 Å². The molecule has 1 saturated heterocycles. The highest BCUT2D eigenvalue weighted by Crippen LogP contribution is 2.45. The molecule has 114 valence electrons. The largest absolute Gasteiger partial charge is 0.349 e. The van der Waals surface area contributed by atoms with Crippen LogP contribution in [0.4, 0.5) is 0 Å². The van der Waals surface area contributed by atoms with Crippen molar-refractivity contribution < 1.29 is 4.79 Å². The lowest BCUT2D eigenvalue weighted by atomic mass is 9.86. The van der Waals surface area contributed by atoms with Crippen molar-refractivity contribution in [2.24, 2.45) is 5.92 Å². The van der Waals surface area contributed by atoms with Crippen molar-refractivity contribution in [3.8, 4) is 0 Å². The van der Waals surface area contributed by atoms with Crippen molar-refractivity contribution in [3.63, 3.8) is 0 Å². The Morgan fingerprint density at radius 3 is 2.43 bits per heavy atom. The summed E-state index contributed by atoms with van der Waals surface area (Å²) in [6.07, 6.45) is 4.91. The number of hydrogen-bond donors (Lipinski definition) is 1. The van der Waals surface area contributed by atoms with Crippen molar-refractivity contribution in [2.45, 2.75) is 43.2 Å². The molecule has 3 rings (SSSR count). The monoisotopic (exact) mass is 321 g/mol. The first-order valence-corrected chi connectivity index (χ1v) is 9.98. The van der Waals surface area contributed by atoms with Gasteiger partial charge in [-0.1, -0.05) is 31.9 Å². The summed E-state index contributed by atoms with van der Waals surface area (Å²) in [6, 6.07) is 8.56. The van der Waals surface area contributed by atoms with Crippen LogP contribution in [0.2, 0.25) is 0 Å². The lowest BCUT2D eigenvalue weighted by Crippen LogP contribution is -2.41. The summed E-state index contributed by atoms with van der Waals surface area (Å²) >= 11 is 4.00. The molecule has 1 aliphatic carbocycles. The molecule has 1 amide bonds. The van der Waals surface area contributed by atoms with Gasteiger partial charge in [0.2, 0.25) is 0 Å². The number of nitrogens with one attached hydrogen (secondary N) is 1. The van der Waals surface area contributed by atoms with Crippen LogP contribution in [-0.4, -0.2) is 23.5 Å². The van der Waals surface area contributed by atoms with E-state index in [-0.39, 0.29) is 5.91 Å². The predicted octanol–water partition coefficient (Wildman–Crippen LogP) is 4.47. The van der Waals surface area contributed by atoms with E-state index in [0.29, 0.717) is 16.5 Å². The Labute approximate surface area is 135 Å². The maximum atomic E-state index is 12.4. The minimum Gasteiger partial charge on any atom is -0.349 e. The van der Waals surface area contributed by atoms with Gasteiger partial charge in [0.25, 0.3) is 5.91 Å². The van der Waals surface area contributed by atoms with Crippen LogP contribution in [0.25, 0.3) is 0 Å². The Kier molecular flexibility index (Phi) is 5.17. The van der Waals surface area contributed by atoms with Crippen LogP contribution in [0, 0.1) is 5.92 Å². The maximum absolute atomic E-state index is 12.4. The second kappa shape index (κ2) is 7.10. The molecule has 1 aromatic carbocycles. The van der Waals surface area contributed by atoms with Crippen LogP contribution in [-0.2, 0) is 0 Å². The van der Waals surface area contributed by atoms with Crippen LogP contribution >= 0.6 is 23.5 Å². The molecule has 2 atom stereocenters. The number of carbonyl (C=O) groups is 1. The van der Waals surface area contributed by atoms with Crippen LogP contribution in [0.1, 0.15) is 53.1 Å². The summed E-state index contributed by atoms with van der Waals surface area (Å²) in [4.78, 5) is 12.4. The van der Waals surface area contributed by atoms with Gasteiger partial charge in [-0.05, 0) is 36.5 Å². The van der Waals surface area contributed by atoms with E-state index in [1.54, 1.807) is 0 Å². The normalized spacial score (nSPS) is 26.7. The molecular weight excluding hydrogens is 298 g/mol. The third-order valence-electron chi connectivity index (χ3n) is 4.49. The Bertz CT molecular complexity index is 482. The number of hydrogen-bond acceptors (Lipinski definition) is 3. The van der Waals surface area contributed by atoms with Gasteiger partial charge in [-0.25, -0.2) is 0 Å². The lowest BCUT2D eigenvalue weighted by Gasteiger charge is -2.29. The standard InChI is InChI=1S/C17H23NOS2/c1-12-4-2-3-5-15(12)18-16(19)13-6-8-14(9-7-13)17-20-10-11-21-17/h6-9,12,15,17H,2-5,10-11H2,1H3,(H,18,19)/t12-,15-/m0/s1. The molecule has 0 unspecified atom stereocenters. The van der Waals surface area contributed by atoms with Crippen molar-refractivity contribution >= 4 is 29.4 Å². The third kappa shape index (κ3) is 3.78. The summed E-state index contributed by atoms with van der Waals surface area (Å²) in [7, 11) is 0. The van der Waals surface area contributed by atoms with Gasteiger partial charge < -0.3 is 5.32 Å². The minimum absolute atomic E-state index is 0.0898. The quantitative estimate of drug-likeness (QED) is 0.890. The summed E-state index contributed by atoms with van der Waals surface area (Å²) in [6.45, 7) is 2.25. The highest BCUT2D eigenvalue weighted by Gasteiger charge is 2.23. The smallest absolute Gasteiger partial charge is 0.251 e. The molecule has 1 saturated carbocycles. The molecule has 1 aliphatic heterocycles. The lowest BCUT2D eigenvalue weighted by molar-refractivity contribution is 0.0910. The molecule has 0 aromatic heterocycles. The molecule has 1 heterocycles. The van der Waals surface area contributed by atoms with E-state index in [4.69, 9.17) is 0 Å². The molecule has 2 nitrogen and oxygen atoms in total. The first kappa shape index (κ1) is 15.3. The van der Waals surface area contributed by atoms with Gasteiger partial charge in [-0.2, -0.15) is 0 Å². The van der Waals surface area contributed by atoms with Crippen molar-refractivity contribution in [1.29, 1.82) is 0 Å². The fourth-order valence-corrected chi connectivity index (χ4v) is 5.98. The van der Waals surface area contributed by atoms with Crippen molar-refractivity contribution in [2.75, 3.05) is 11.5 Å². The number of thioether (sulfide) groups is 2. The maximum Gasteiger partial charge on any atom is 0.251 e. The average molecular weight is 322 g/mol. The number of rotatable bonds is 3. The molecule has 0 radical (unpaired) electrons. The molecule has 2 aliphatic rings. The van der Waals surface area contributed by atoms with Crippen LogP contribution in [0.15, 0.2) is 24.3 Å². The third-order valence-corrected chi connectivity index (χ3v) is 7.60. The zero-order valence-electron chi connectivity index (χ0n) is 12.5. The molecule has 21 heavy (non-hydrogen) atoms. The van der Waals surface area contributed by atoms with Gasteiger partial charge in [0.1, 0.15) is 0 Å². The molecule has 1 N–H and O–H groups in total. The van der Waals surface area contributed by atoms with E-state index in [2.05, 4.69) is 24.4 Å². The van der Waals surface area contributed by atoms with Gasteiger partial charge in [-0.15, -0.1) is 23.5 Å². The summed E-state index contributed by atoms with van der Waals surface area (Å²) in [5.74, 6) is 3.16. The van der Waals surface area contributed by atoms with Gasteiger partial charge in [-0.3, -0.25) is 4.79 Å². The van der Waals surface area contributed by atoms with Gasteiger partial charge in [0.05, 0.1) is 4.58 Å². The van der Waals surface area contributed by atoms with Gasteiger partial charge in [0, 0.05) is 23.1 Å². The molecule has 0 spiro atoms. The molecule has 4 heteroatoms. The zero-order chi connectivity index (χ0) is 14.7. The van der Waals surface area contributed by atoms with E-state index in [1.165, 1.54) is 36.3 Å². The van der Waals surface area contributed by atoms with Crippen molar-refractivity contribution in [3.05, 3.63) is 35.4 Å². The number of carbonyl (C=O) groups excluding carboxylic acids is 1. The van der Waals surface area contributed by atoms with E-state index >= 15 is 0 Å². The summed E-state index contributed by atoms with van der Waals surface area (Å²) < 4.78 is 0.556. The highest BCUT2D eigenvalue weighted by atomic mass is 32.2. The average Bonchev–Trinajstić information content (AvgIpc) is 3.04. The Morgan fingerprint density at radius 1 is 1.10 bits per heavy atom. The Hall–Kier alpha value is -0.610. The Morgan fingerprint density at radius 2 is 1.76 bits per heavy atom. The van der Waals surface area contributed by atoms with E-state index in [1.807, 2.05) is 35.7 Å². The van der Waals surface area contributed by atoms with E-state index in [9.17, 15) is 4.79 Å². The molecular formula is C17H23NOS2. The van der Waals surface area contributed by atoms with Crippen LogP contribution < -0.4 is 5.32 Å². The van der Waals surface area contributed by atoms with Crippen LogP contribution in [0.3, 0.4) is 0 Å². The minimum atomic E-state index is 0.0898. The second-order valence-corrected chi connectivity index (χ2v) is 8.76. The fourth-order valence-electron chi connectivity index (χ4n) is 3.12.